The Kier molecular flexibility index (Phi) is 8.58. The predicted octanol–water partition coefficient (Wildman–Crippen LogP) is 2.31. The van der Waals surface area contributed by atoms with E-state index in [1.165, 1.54) is 0 Å². The number of benzene rings is 1. The normalized spacial score (nSPS) is 10.9. The Morgan fingerprint density at radius 1 is 0.895 bits per heavy atom. The highest BCUT2D eigenvalue weighted by Gasteiger charge is 2.04. The number of hydrogen-bond donors (Lipinski definition) is 0. The van der Waals surface area contributed by atoms with Crippen molar-refractivity contribution in [2.75, 3.05) is 53.7 Å². The standard InChI is InChI=1S/C14H22ClNO3/c1-17-10-7-16(8-11-18-2)9-12-19-14-5-3-13(15)4-6-14/h3-6H,7-12H2,1-2H3. The van der Waals surface area contributed by atoms with E-state index in [0.29, 0.717) is 24.8 Å². The van der Waals surface area contributed by atoms with E-state index in [4.69, 9.17) is 25.8 Å². The van der Waals surface area contributed by atoms with E-state index in [1.54, 1.807) is 14.2 Å². The SMILES string of the molecule is COCCN(CCOC)CCOc1ccc(Cl)cc1. The van der Waals surface area contributed by atoms with Crippen LogP contribution in [-0.2, 0) is 9.47 Å². The van der Waals surface area contributed by atoms with Crippen molar-refractivity contribution >= 4 is 11.6 Å². The molecule has 1 aromatic rings. The van der Waals surface area contributed by atoms with Crippen LogP contribution in [0.5, 0.6) is 5.75 Å². The predicted molar refractivity (Wildman–Crippen MR) is 77.1 cm³/mol. The van der Waals surface area contributed by atoms with Crippen molar-refractivity contribution in [2.45, 2.75) is 0 Å². The molecular formula is C14H22ClNO3. The monoisotopic (exact) mass is 287 g/mol. The van der Waals surface area contributed by atoms with Crippen LogP contribution in [0.3, 0.4) is 0 Å². The fourth-order valence-corrected chi connectivity index (χ4v) is 1.73. The molecule has 0 bridgehead atoms. The highest BCUT2D eigenvalue weighted by atomic mass is 35.5. The van der Waals surface area contributed by atoms with Crippen molar-refractivity contribution in [2.24, 2.45) is 0 Å². The molecule has 0 fully saturated rings. The molecule has 0 aromatic heterocycles. The van der Waals surface area contributed by atoms with Gasteiger partial charge in [-0.2, -0.15) is 0 Å². The third-order valence-corrected chi connectivity index (χ3v) is 2.97. The van der Waals surface area contributed by atoms with Gasteiger partial charge in [-0.1, -0.05) is 11.6 Å². The number of methoxy groups -OCH3 is 2. The Morgan fingerprint density at radius 2 is 1.42 bits per heavy atom. The zero-order valence-electron chi connectivity index (χ0n) is 11.6. The molecule has 0 saturated carbocycles. The summed E-state index contributed by atoms with van der Waals surface area (Å²) in [6.45, 7) is 4.66. The van der Waals surface area contributed by atoms with Gasteiger partial charge in [0.1, 0.15) is 12.4 Å². The topological polar surface area (TPSA) is 30.9 Å². The summed E-state index contributed by atoms with van der Waals surface area (Å²) in [6, 6.07) is 7.39. The van der Waals surface area contributed by atoms with E-state index in [2.05, 4.69) is 4.90 Å². The summed E-state index contributed by atoms with van der Waals surface area (Å²) < 4.78 is 15.9. The lowest BCUT2D eigenvalue weighted by Crippen LogP contribution is -2.34. The van der Waals surface area contributed by atoms with Gasteiger partial charge in [0.2, 0.25) is 0 Å². The molecule has 0 saturated heterocycles. The van der Waals surface area contributed by atoms with Crippen molar-refractivity contribution < 1.29 is 14.2 Å². The first kappa shape index (κ1) is 16.2. The third-order valence-electron chi connectivity index (χ3n) is 2.71. The van der Waals surface area contributed by atoms with Crippen LogP contribution >= 0.6 is 11.6 Å². The van der Waals surface area contributed by atoms with Crippen molar-refractivity contribution in [3.63, 3.8) is 0 Å². The van der Waals surface area contributed by atoms with Crippen LogP contribution in [0.4, 0.5) is 0 Å². The lowest BCUT2D eigenvalue weighted by Gasteiger charge is -2.21. The van der Waals surface area contributed by atoms with Crippen molar-refractivity contribution in [3.05, 3.63) is 29.3 Å². The van der Waals surface area contributed by atoms with E-state index in [0.717, 1.165) is 25.4 Å². The first-order chi connectivity index (χ1) is 9.26. The second kappa shape index (κ2) is 10.0. The number of hydrogen-bond acceptors (Lipinski definition) is 4. The molecule has 0 heterocycles. The second-order valence-corrected chi connectivity index (χ2v) is 4.57. The zero-order valence-corrected chi connectivity index (χ0v) is 12.4. The lowest BCUT2D eigenvalue weighted by atomic mass is 10.3. The maximum Gasteiger partial charge on any atom is 0.119 e. The fraction of sp³-hybridized carbons (Fsp3) is 0.571. The summed E-state index contributed by atoms with van der Waals surface area (Å²) >= 11 is 5.82. The van der Waals surface area contributed by atoms with Crippen LogP contribution in [0.25, 0.3) is 0 Å². The number of rotatable bonds is 10. The van der Waals surface area contributed by atoms with Gasteiger partial charge >= 0.3 is 0 Å². The minimum Gasteiger partial charge on any atom is -0.492 e. The van der Waals surface area contributed by atoms with Gasteiger partial charge in [-0.25, -0.2) is 0 Å². The molecule has 0 atom stereocenters. The molecule has 1 aromatic carbocycles. The lowest BCUT2D eigenvalue weighted by molar-refractivity contribution is 0.104. The van der Waals surface area contributed by atoms with Crippen molar-refractivity contribution in [1.82, 2.24) is 4.90 Å². The van der Waals surface area contributed by atoms with Crippen LogP contribution in [0.2, 0.25) is 5.02 Å². The van der Waals surface area contributed by atoms with E-state index in [-0.39, 0.29) is 0 Å². The summed E-state index contributed by atoms with van der Waals surface area (Å²) in [4.78, 5) is 2.25. The second-order valence-electron chi connectivity index (χ2n) is 4.13. The van der Waals surface area contributed by atoms with Crippen LogP contribution in [0.15, 0.2) is 24.3 Å². The van der Waals surface area contributed by atoms with E-state index in [1.807, 2.05) is 24.3 Å². The Morgan fingerprint density at radius 3 is 1.95 bits per heavy atom. The Balaban J connectivity index is 2.27. The highest BCUT2D eigenvalue weighted by Crippen LogP contribution is 2.15. The largest absolute Gasteiger partial charge is 0.492 e. The molecule has 0 spiro atoms. The molecule has 0 aliphatic rings. The summed E-state index contributed by atoms with van der Waals surface area (Å²) in [5, 5.41) is 0.717. The van der Waals surface area contributed by atoms with Gasteiger partial charge in [0, 0.05) is 38.9 Å². The van der Waals surface area contributed by atoms with Gasteiger partial charge < -0.3 is 14.2 Å². The van der Waals surface area contributed by atoms with Crippen molar-refractivity contribution in [3.8, 4) is 5.75 Å². The molecular weight excluding hydrogens is 266 g/mol. The van der Waals surface area contributed by atoms with E-state index in [9.17, 15) is 0 Å². The van der Waals surface area contributed by atoms with E-state index < -0.39 is 0 Å². The molecule has 0 N–H and O–H groups in total. The molecule has 0 aliphatic heterocycles. The Labute approximate surface area is 120 Å². The number of ether oxygens (including phenoxy) is 3. The van der Waals surface area contributed by atoms with Crippen LogP contribution in [-0.4, -0.2) is 58.6 Å². The first-order valence-corrected chi connectivity index (χ1v) is 6.72. The highest BCUT2D eigenvalue weighted by molar-refractivity contribution is 6.30. The molecule has 0 amide bonds. The molecule has 4 nitrogen and oxygen atoms in total. The van der Waals surface area contributed by atoms with Crippen LogP contribution in [0.1, 0.15) is 0 Å². The average Bonchev–Trinajstić information content (AvgIpc) is 2.43. The molecule has 0 radical (unpaired) electrons. The van der Waals surface area contributed by atoms with Crippen LogP contribution in [0, 0.1) is 0 Å². The quantitative estimate of drug-likeness (QED) is 0.661. The maximum atomic E-state index is 5.82. The minimum absolute atomic E-state index is 0.634. The van der Waals surface area contributed by atoms with E-state index >= 15 is 0 Å². The van der Waals surface area contributed by atoms with Gasteiger partial charge in [0.05, 0.1) is 13.2 Å². The summed E-state index contributed by atoms with van der Waals surface area (Å²) in [6.07, 6.45) is 0. The van der Waals surface area contributed by atoms with Gasteiger partial charge in [-0.3, -0.25) is 4.90 Å². The van der Waals surface area contributed by atoms with Gasteiger partial charge in [0.25, 0.3) is 0 Å². The smallest absolute Gasteiger partial charge is 0.119 e. The molecule has 108 valence electrons. The molecule has 5 heteroatoms. The van der Waals surface area contributed by atoms with Gasteiger partial charge in [-0.15, -0.1) is 0 Å². The maximum absolute atomic E-state index is 5.82. The molecule has 0 unspecified atom stereocenters. The minimum atomic E-state index is 0.634. The van der Waals surface area contributed by atoms with Gasteiger partial charge in [0.15, 0.2) is 0 Å². The van der Waals surface area contributed by atoms with Gasteiger partial charge in [-0.05, 0) is 24.3 Å². The summed E-state index contributed by atoms with van der Waals surface area (Å²) in [5.74, 6) is 0.836. The molecule has 1 rings (SSSR count). The Bertz CT molecular complexity index is 324. The van der Waals surface area contributed by atoms with Crippen molar-refractivity contribution in [1.29, 1.82) is 0 Å². The Hall–Kier alpha value is -0.810. The van der Waals surface area contributed by atoms with Crippen LogP contribution < -0.4 is 4.74 Å². The average molecular weight is 288 g/mol. The summed E-state index contributed by atoms with van der Waals surface area (Å²) in [7, 11) is 3.41. The third kappa shape index (κ3) is 7.38. The zero-order chi connectivity index (χ0) is 13.9. The summed E-state index contributed by atoms with van der Waals surface area (Å²) in [5.41, 5.74) is 0. The molecule has 19 heavy (non-hydrogen) atoms. The number of nitrogens with zero attached hydrogens (tertiary/aromatic N) is 1. The molecule has 0 aliphatic carbocycles. The first-order valence-electron chi connectivity index (χ1n) is 6.35. The number of halogens is 1. The fourth-order valence-electron chi connectivity index (χ4n) is 1.60.